The molecule has 1 aliphatic carbocycles. The zero-order chi connectivity index (χ0) is 9.26. The standard InChI is InChI=1S/C8H10ClN3O/c9-8-11-4-6(10)7(12-8)13-5-2-1-3-5/h4-5H,1-3,10H2. The molecule has 0 bridgehead atoms. The van der Waals surface area contributed by atoms with E-state index < -0.39 is 0 Å². The lowest BCUT2D eigenvalue weighted by Gasteiger charge is -2.26. The number of aromatic nitrogens is 2. The van der Waals surface area contributed by atoms with Gasteiger partial charge in [0, 0.05) is 0 Å². The van der Waals surface area contributed by atoms with Crippen molar-refractivity contribution in [2.45, 2.75) is 25.4 Å². The molecule has 1 heterocycles. The van der Waals surface area contributed by atoms with E-state index in [1.165, 1.54) is 12.6 Å². The minimum Gasteiger partial charge on any atom is -0.473 e. The monoisotopic (exact) mass is 199 g/mol. The van der Waals surface area contributed by atoms with Crippen LogP contribution in [0.15, 0.2) is 6.20 Å². The molecule has 2 N–H and O–H groups in total. The molecule has 1 aliphatic rings. The van der Waals surface area contributed by atoms with Crippen LogP contribution in [0, 0.1) is 0 Å². The lowest BCUT2D eigenvalue weighted by Crippen LogP contribution is -2.25. The predicted molar refractivity (Wildman–Crippen MR) is 49.7 cm³/mol. The molecule has 13 heavy (non-hydrogen) atoms. The van der Waals surface area contributed by atoms with Crippen LogP contribution in [0.1, 0.15) is 19.3 Å². The summed E-state index contributed by atoms with van der Waals surface area (Å²) >= 11 is 5.60. The molecule has 1 aromatic heterocycles. The highest BCUT2D eigenvalue weighted by atomic mass is 35.5. The Labute approximate surface area is 81.1 Å². The minimum atomic E-state index is 0.170. The van der Waals surface area contributed by atoms with Crippen LogP contribution in [-0.4, -0.2) is 16.1 Å². The Balaban J connectivity index is 2.13. The number of hydrogen-bond acceptors (Lipinski definition) is 4. The average molecular weight is 200 g/mol. The van der Waals surface area contributed by atoms with Gasteiger partial charge in [-0.25, -0.2) is 4.98 Å². The highest BCUT2D eigenvalue weighted by molar-refractivity contribution is 6.28. The maximum Gasteiger partial charge on any atom is 0.241 e. The molecule has 1 saturated carbocycles. The second-order valence-electron chi connectivity index (χ2n) is 3.07. The van der Waals surface area contributed by atoms with Gasteiger partial charge in [0.1, 0.15) is 11.8 Å². The molecule has 0 atom stereocenters. The highest BCUT2D eigenvalue weighted by Gasteiger charge is 2.20. The van der Waals surface area contributed by atoms with Crippen LogP contribution >= 0.6 is 11.6 Å². The number of halogens is 1. The first-order valence-corrected chi connectivity index (χ1v) is 4.58. The van der Waals surface area contributed by atoms with Gasteiger partial charge in [-0.3, -0.25) is 0 Å². The number of nitrogens with zero attached hydrogens (tertiary/aromatic N) is 2. The first kappa shape index (κ1) is 8.56. The number of ether oxygens (including phenoxy) is 1. The first-order chi connectivity index (χ1) is 6.25. The Bertz CT molecular complexity index is 314. The van der Waals surface area contributed by atoms with Gasteiger partial charge in [-0.15, -0.1) is 0 Å². The van der Waals surface area contributed by atoms with Gasteiger partial charge in [0.25, 0.3) is 0 Å². The summed E-state index contributed by atoms with van der Waals surface area (Å²) in [5.41, 5.74) is 6.05. The Morgan fingerprint density at radius 3 is 2.92 bits per heavy atom. The van der Waals surface area contributed by atoms with E-state index in [-0.39, 0.29) is 11.4 Å². The number of hydrogen-bond donors (Lipinski definition) is 1. The second kappa shape index (κ2) is 3.38. The van der Waals surface area contributed by atoms with Crippen molar-refractivity contribution >= 4 is 17.3 Å². The van der Waals surface area contributed by atoms with Gasteiger partial charge in [0.05, 0.1) is 6.20 Å². The van der Waals surface area contributed by atoms with Crippen LogP contribution in [0.25, 0.3) is 0 Å². The van der Waals surface area contributed by atoms with E-state index in [2.05, 4.69) is 9.97 Å². The van der Waals surface area contributed by atoms with E-state index in [0.717, 1.165) is 12.8 Å². The van der Waals surface area contributed by atoms with Gasteiger partial charge in [-0.1, -0.05) is 0 Å². The molecule has 0 aliphatic heterocycles. The summed E-state index contributed by atoms with van der Waals surface area (Å²) < 4.78 is 5.50. The van der Waals surface area contributed by atoms with Gasteiger partial charge >= 0.3 is 0 Å². The van der Waals surface area contributed by atoms with Crippen LogP contribution in [0.4, 0.5) is 5.69 Å². The van der Waals surface area contributed by atoms with Crippen LogP contribution in [0.5, 0.6) is 5.88 Å². The SMILES string of the molecule is Nc1cnc(Cl)nc1OC1CCC1. The fourth-order valence-corrected chi connectivity index (χ4v) is 1.22. The molecule has 0 saturated heterocycles. The number of rotatable bonds is 2. The summed E-state index contributed by atoms with van der Waals surface area (Å²) in [6.45, 7) is 0. The van der Waals surface area contributed by atoms with E-state index in [1.807, 2.05) is 0 Å². The van der Waals surface area contributed by atoms with Gasteiger partial charge in [-0.05, 0) is 30.9 Å². The van der Waals surface area contributed by atoms with Crippen molar-refractivity contribution in [3.63, 3.8) is 0 Å². The normalized spacial score (nSPS) is 16.7. The molecule has 0 spiro atoms. The van der Waals surface area contributed by atoms with Crippen molar-refractivity contribution < 1.29 is 4.74 Å². The van der Waals surface area contributed by atoms with Crippen LogP contribution in [0.2, 0.25) is 5.28 Å². The minimum absolute atomic E-state index is 0.170. The fraction of sp³-hybridized carbons (Fsp3) is 0.500. The van der Waals surface area contributed by atoms with Crippen molar-refractivity contribution in [1.82, 2.24) is 9.97 Å². The summed E-state index contributed by atoms with van der Waals surface area (Å²) in [7, 11) is 0. The van der Waals surface area contributed by atoms with Gasteiger partial charge in [0.2, 0.25) is 11.2 Å². The molecule has 0 aromatic carbocycles. The van der Waals surface area contributed by atoms with Crippen LogP contribution in [-0.2, 0) is 0 Å². The largest absolute Gasteiger partial charge is 0.473 e. The van der Waals surface area contributed by atoms with E-state index in [4.69, 9.17) is 22.1 Å². The number of nitrogen functional groups attached to an aromatic ring is 1. The third-order valence-electron chi connectivity index (χ3n) is 2.08. The van der Waals surface area contributed by atoms with Gasteiger partial charge < -0.3 is 10.5 Å². The molecule has 2 rings (SSSR count). The maximum atomic E-state index is 5.61. The van der Waals surface area contributed by atoms with Gasteiger partial charge in [0.15, 0.2) is 0 Å². The smallest absolute Gasteiger partial charge is 0.241 e. The van der Waals surface area contributed by atoms with E-state index in [0.29, 0.717) is 11.6 Å². The lowest BCUT2D eigenvalue weighted by atomic mass is 9.96. The molecule has 0 amide bonds. The highest BCUT2D eigenvalue weighted by Crippen LogP contribution is 2.27. The molecule has 0 unspecified atom stereocenters. The van der Waals surface area contributed by atoms with Gasteiger partial charge in [-0.2, -0.15) is 4.98 Å². The first-order valence-electron chi connectivity index (χ1n) is 4.20. The third-order valence-corrected chi connectivity index (χ3v) is 2.26. The quantitative estimate of drug-likeness (QED) is 0.736. The van der Waals surface area contributed by atoms with Crippen molar-refractivity contribution in [2.24, 2.45) is 0 Å². The second-order valence-corrected chi connectivity index (χ2v) is 3.41. The third kappa shape index (κ3) is 1.83. The summed E-state index contributed by atoms with van der Waals surface area (Å²) in [6, 6.07) is 0. The summed E-state index contributed by atoms with van der Waals surface area (Å²) in [4.78, 5) is 7.64. The fourth-order valence-electron chi connectivity index (χ4n) is 1.10. The topological polar surface area (TPSA) is 61.0 Å². The van der Waals surface area contributed by atoms with E-state index in [1.54, 1.807) is 0 Å². The summed E-state index contributed by atoms with van der Waals surface area (Å²) in [5.74, 6) is 0.407. The summed E-state index contributed by atoms with van der Waals surface area (Å²) in [5, 5.41) is 0.170. The zero-order valence-corrected chi connectivity index (χ0v) is 7.79. The van der Waals surface area contributed by atoms with E-state index in [9.17, 15) is 0 Å². The molecule has 1 aromatic rings. The number of anilines is 1. The van der Waals surface area contributed by atoms with Crippen LogP contribution in [0.3, 0.4) is 0 Å². The van der Waals surface area contributed by atoms with Crippen molar-refractivity contribution in [2.75, 3.05) is 5.73 Å². The Hall–Kier alpha value is -1.03. The predicted octanol–water partition coefficient (Wildman–Crippen LogP) is 1.64. The Morgan fingerprint density at radius 2 is 2.31 bits per heavy atom. The average Bonchev–Trinajstić information content (AvgIpc) is 2.03. The zero-order valence-electron chi connectivity index (χ0n) is 7.03. The van der Waals surface area contributed by atoms with E-state index >= 15 is 0 Å². The molecular formula is C8H10ClN3O. The van der Waals surface area contributed by atoms with Crippen molar-refractivity contribution in [3.8, 4) is 5.88 Å². The molecule has 4 nitrogen and oxygen atoms in total. The lowest BCUT2D eigenvalue weighted by molar-refractivity contribution is 0.115. The van der Waals surface area contributed by atoms with Crippen molar-refractivity contribution in [3.05, 3.63) is 11.5 Å². The molecule has 5 heteroatoms. The maximum absolute atomic E-state index is 5.61. The molecule has 70 valence electrons. The summed E-state index contributed by atoms with van der Waals surface area (Å²) in [6.07, 6.45) is 5.07. The Kier molecular flexibility index (Phi) is 2.22. The van der Waals surface area contributed by atoms with Crippen molar-refractivity contribution in [1.29, 1.82) is 0 Å². The molecular weight excluding hydrogens is 190 g/mol. The molecule has 1 fully saturated rings. The number of nitrogens with two attached hydrogens (primary N) is 1. The van der Waals surface area contributed by atoms with Crippen LogP contribution < -0.4 is 10.5 Å². The molecule has 0 radical (unpaired) electrons. The Morgan fingerprint density at radius 1 is 1.54 bits per heavy atom.